The quantitative estimate of drug-likeness (QED) is 0.210. The van der Waals surface area contributed by atoms with Crippen LogP contribution in [0.25, 0.3) is 44.4 Å². The van der Waals surface area contributed by atoms with E-state index in [0.717, 1.165) is 61.6 Å². The number of aliphatic carboxylic acids is 2. The average molecular weight is 650 g/mol. The summed E-state index contributed by atoms with van der Waals surface area (Å²) in [4.78, 5) is 55.7. The van der Waals surface area contributed by atoms with E-state index in [1.54, 1.807) is 12.2 Å². The monoisotopic (exact) mass is 649 g/mol. The van der Waals surface area contributed by atoms with Gasteiger partial charge in [0.05, 0.1) is 22.8 Å². The Balaban J connectivity index is 0.00000180. The van der Waals surface area contributed by atoms with E-state index in [1.807, 2.05) is 52.0 Å². The molecule has 2 aliphatic rings. The normalized spacial score (nSPS) is 12.3. The third-order valence-electron chi connectivity index (χ3n) is 8.06. The first-order valence-electron chi connectivity index (χ1n) is 13.9. The number of rotatable bonds is 8. The number of aryl methyl sites for hydroxylation is 4. The van der Waals surface area contributed by atoms with Crippen molar-refractivity contribution in [2.75, 3.05) is 0 Å². The molecular formula is C34H33FeN4O6+. The van der Waals surface area contributed by atoms with E-state index >= 15 is 0 Å². The summed E-state index contributed by atoms with van der Waals surface area (Å²) in [7, 11) is 0. The Kier molecular flexibility index (Phi) is 11.0. The summed E-state index contributed by atoms with van der Waals surface area (Å²) in [6, 6.07) is 7.62. The Hall–Kier alpha value is -4.86. The fraction of sp³-hybridized carbons (Fsp3) is 0.235. The van der Waals surface area contributed by atoms with Crippen molar-refractivity contribution in [3.8, 4) is 0 Å². The summed E-state index contributed by atoms with van der Waals surface area (Å²) in [5, 5.41) is 18.9. The number of carbonyl (C=O) groups is 2. The predicted molar refractivity (Wildman–Crippen MR) is 171 cm³/mol. The third kappa shape index (κ3) is 6.79. The van der Waals surface area contributed by atoms with Gasteiger partial charge in [-0.3, -0.25) is 9.59 Å². The predicted octanol–water partition coefficient (Wildman–Crippen LogP) is 6.31. The van der Waals surface area contributed by atoms with Crippen molar-refractivity contribution >= 4 is 56.3 Å². The van der Waals surface area contributed by atoms with Crippen LogP contribution in [0.3, 0.4) is 0 Å². The van der Waals surface area contributed by atoms with Crippen molar-refractivity contribution in [3.63, 3.8) is 0 Å². The third-order valence-corrected chi connectivity index (χ3v) is 8.06. The van der Waals surface area contributed by atoms with Crippen molar-refractivity contribution in [2.45, 2.75) is 53.4 Å². The van der Waals surface area contributed by atoms with E-state index in [0.29, 0.717) is 40.6 Å². The second-order valence-corrected chi connectivity index (χ2v) is 10.6. The van der Waals surface area contributed by atoms with Crippen LogP contribution in [-0.2, 0) is 39.5 Å². The molecule has 11 heteroatoms. The second kappa shape index (κ2) is 14.3. The van der Waals surface area contributed by atoms with E-state index in [4.69, 9.17) is 29.9 Å². The van der Waals surface area contributed by atoms with Gasteiger partial charge < -0.3 is 20.2 Å². The number of fused-ring (bicyclic) bond motifs is 8. The van der Waals surface area contributed by atoms with Crippen LogP contribution in [-0.4, -0.2) is 37.1 Å². The minimum Gasteiger partial charge on any atom is -0.657 e. The number of nitrogens with zero attached hydrogens (tertiary/aromatic N) is 4. The van der Waals surface area contributed by atoms with Gasteiger partial charge in [0.2, 0.25) is 4.96 Å². The first-order chi connectivity index (χ1) is 21.0. The van der Waals surface area contributed by atoms with Crippen LogP contribution in [0, 0.1) is 18.8 Å². The van der Waals surface area contributed by atoms with Crippen LogP contribution in [0.1, 0.15) is 71.7 Å². The van der Waals surface area contributed by atoms with Gasteiger partial charge in [-0.05, 0) is 57.7 Å². The van der Waals surface area contributed by atoms with E-state index < -0.39 is 11.9 Å². The smallest absolute Gasteiger partial charge is 0.657 e. The zero-order valence-corrected chi connectivity index (χ0v) is 26.5. The Morgan fingerprint density at radius 1 is 0.689 bits per heavy atom. The fourth-order valence-electron chi connectivity index (χ4n) is 5.61. The molecule has 0 saturated carbocycles. The first-order valence-corrected chi connectivity index (χ1v) is 13.9. The molecule has 0 aliphatic carbocycles. The number of aromatic nitrogens is 4. The molecule has 0 atom stereocenters. The maximum atomic E-state index is 11.5. The summed E-state index contributed by atoms with van der Waals surface area (Å²) in [6.45, 7) is 15.9. The van der Waals surface area contributed by atoms with Gasteiger partial charge in [-0.15, -0.1) is 22.1 Å². The topological polar surface area (TPSA) is 167 Å². The summed E-state index contributed by atoms with van der Waals surface area (Å²) in [5.41, 5.74) is 12.6. The van der Waals surface area contributed by atoms with Gasteiger partial charge in [-0.25, -0.2) is 9.97 Å². The molecule has 10 nitrogen and oxygen atoms in total. The molecule has 0 saturated heterocycles. The van der Waals surface area contributed by atoms with Gasteiger partial charge in [-0.2, -0.15) is 0 Å². The molecule has 232 valence electrons. The van der Waals surface area contributed by atoms with Crippen LogP contribution in [0.15, 0.2) is 49.6 Å². The maximum Gasteiger partial charge on any atom is 2.00 e. The molecule has 5 heterocycles. The molecule has 0 spiro atoms. The van der Waals surface area contributed by atoms with Crippen LogP contribution < -0.4 is 9.97 Å². The van der Waals surface area contributed by atoms with Gasteiger partial charge in [0.25, 0.3) is 0 Å². The van der Waals surface area contributed by atoms with E-state index in [-0.39, 0.29) is 29.9 Å². The minimum atomic E-state index is -0.898. The van der Waals surface area contributed by atoms with Crippen LogP contribution >= 0.6 is 0 Å². The van der Waals surface area contributed by atoms with Gasteiger partial charge in [0.1, 0.15) is 0 Å². The molecule has 8 bridgehead atoms. The van der Waals surface area contributed by atoms with Crippen molar-refractivity contribution < 1.29 is 41.8 Å². The molecule has 0 unspecified atom stereocenters. The van der Waals surface area contributed by atoms with Crippen molar-refractivity contribution in [3.05, 3.63) is 99.6 Å². The van der Waals surface area contributed by atoms with Gasteiger partial charge in [-0.1, -0.05) is 65.8 Å². The van der Waals surface area contributed by atoms with Crippen LogP contribution in [0.2, 0.25) is 0 Å². The Morgan fingerprint density at radius 2 is 1.07 bits per heavy atom. The number of carboxylic acids is 2. The molecule has 0 aromatic carbocycles. The van der Waals surface area contributed by atoms with Crippen LogP contribution in [0.5, 0.6) is 0 Å². The number of hydrogen-bond acceptors (Lipinski definition) is 5. The number of hydrogen-bond donors (Lipinski definition) is 2. The largest absolute Gasteiger partial charge is 2.00 e. The molecular weight excluding hydrogens is 616 g/mol. The Bertz CT molecular complexity index is 1950. The number of carboxylic acid groups (broad SMARTS) is 2. The second-order valence-electron chi connectivity index (χ2n) is 10.6. The van der Waals surface area contributed by atoms with E-state index in [2.05, 4.69) is 13.2 Å². The minimum absolute atomic E-state index is 0. The number of allylic oxidation sites excluding steroid dienone is 6. The Labute approximate surface area is 270 Å². The standard InChI is InChI=1S/C34H34N4O4.Fe.O2/c1-7-21-17(3)25-13-26-19(5)23(9-11-33(39)40)31(37-26)16-32-24(10-12-34(41)42)20(6)28(38-32)15-30-22(8-2)18(4)27(36-30)14-29(21)35-25;;1-2/h7-8,13-16H,1-2,9-12H2,3-6H3,(H4,35,36,37,38,39,40,41,42);;/q;+2;/p-1. The SMILES string of the molecule is C=CC1=C(C)c2cc3[n-]c(cc4[n-]c(cc5nc(cc1n2)C(C)=C5C=C)c(C)c4CCC(=O)O)c(CCC(=O)O)c3C.O=[OH+].[Fe+2]. The maximum absolute atomic E-state index is 11.5. The molecule has 5 rings (SSSR count). The summed E-state index contributed by atoms with van der Waals surface area (Å²) in [6.07, 6.45) is 4.06. The van der Waals surface area contributed by atoms with Gasteiger partial charge in [0, 0.05) is 29.0 Å². The van der Waals surface area contributed by atoms with Crippen molar-refractivity contribution in [1.82, 2.24) is 19.9 Å². The molecule has 3 aromatic rings. The van der Waals surface area contributed by atoms with Gasteiger partial charge in [0.15, 0.2) is 0 Å². The Morgan fingerprint density at radius 3 is 1.47 bits per heavy atom. The van der Waals surface area contributed by atoms with E-state index in [1.165, 1.54) is 0 Å². The molecule has 3 N–H and O–H groups in total. The fourth-order valence-corrected chi connectivity index (χ4v) is 5.61. The average Bonchev–Trinajstić information content (AvgIpc) is 3.64. The summed E-state index contributed by atoms with van der Waals surface area (Å²) < 4.78 is 0. The molecule has 0 amide bonds. The van der Waals surface area contributed by atoms with E-state index in [9.17, 15) is 19.8 Å². The summed E-state index contributed by atoms with van der Waals surface area (Å²) >= 11 is 0. The first kappa shape index (κ1) is 34.6. The van der Waals surface area contributed by atoms with Crippen molar-refractivity contribution in [2.24, 2.45) is 0 Å². The zero-order valence-electron chi connectivity index (χ0n) is 25.4. The summed E-state index contributed by atoms with van der Waals surface area (Å²) in [5.74, 6) is -1.80. The molecule has 3 aromatic heterocycles. The molecule has 0 radical (unpaired) electrons. The van der Waals surface area contributed by atoms with Crippen LogP contribution in [0.4, 0.5) is 0 Å². The molecule has 0 fully saturated rings. The van der Waals surface area contributed by atoms with Crippen molar-refractivity contribution in [1.29, 1.82) is 0 Å². The molecule has 45 heavy (non-hydrogen) atoms. The van der Waals surface area contributed by atoms with Gasteiger partial charge >= 0.3 is 29.0 Å². The molecule has 2 aliphatic heterocycles. The zero-order chi connectivity index (χ0) is 32.3.